The molecule has 0 saturated carbocycles. The smallest absolute Gasteiger partial charge is 0.311 e. The lowest BCUT2D eigenvalue weighted by Gasteiger charge is -2.37. The number of hydrogen-bond acceptors (Lipinski definition) is 2. The summed E-state index contributed by atoms with van der Waals surface area (Å²) in [5.74, 6) is -0.800. The molecule has 1 aromatic carbocycles. The molecule has 1 aliphatic heterocycles. The predicted octanol–water partition coefficient (Wildman–Crippen LogP) is 2.25. The second-order valence-corrected chi connectivity index (χ2v) is 5.95. The van der Waals surface area contributed by atoms with E-state index in [1.807, 2.05) is 31.2 Å². The second kappa shape index (κ2) is 5.65. The third-order valence-electron chi connectivity index (χ3n) is 4.04. The Morgan fingerprint density at radius 3 is 2.55 bits per heavy atom. The van der Waals surface area contributed by atoms with Gasteiger partial charge in [0.2, 0.25) is 5.91 Å². The number of carboxylic acid groups (broad SMARTS) is 1. The fourth-order valence-corrected chi connectivity index (χ4v) is 2.62. The number of nitrogens with zero attached hydrogens (tertiary/aromatic N) is 1. The Hall–Kier alpha value is -1.84. The number of rotatable bonds is 3. The summed E-state index contributed by atoms with van der Waals surface area (Å²) >= 11 is 0. The van der Waals surface area contributed by atoms with Crippen LogP contribution in [0.1, 0.15) is 30.9 Å². The molecule has 1 unspecified atom stereocenters. The van der Waals surface area contributed by atoms with Crippen molar-refractivity contribution in [2.45, 2.75) is 33.1 Å². The summed E-state index contributed by atoms with van der Waals surface area (Å²) in [7, 11) is 0. The standard InChI is InChI=1S/C16H21NO3/c1-12-4-6-13(7-5-12)10-14(18)17-9-3-8-16(2,11-17)15(19)20/h4-7H,3,8-11H2,1-2H3,(H,19,20). The van der Waals surface area contributed by atoms with E-state index in [9.17, 15) is 14.7 Å². The molecule has 0 radical (unpaired) electrons. The molecular weight excluding hydrogens is 254 g/mol. The fourth-order valence-electron chi connectivity index (χ4n) is 2.62. The number of likely N-dealkylation sites (tertiary alicyclic amines) is 1. The molecule has 108 valence electrons. The second-order valence-electron chi connectivity index (χ2n) is 5.95. The summed E-state index contributed by atoms with van der Waals surface area (Å²) in [5.41, 5.74) is 1.34. The van der Waals surface area contributed by atoms with Crippen molar-refractivity contribution < 1.29 is 14.7 Å². The molecule has 0 aromatic heterocycles. The molecule has 1 aliphatic rings. The summed E-state index contributed by atoms with van der Waals surface area (Å²) in [4.78, 5) is 25.3. The number of carbonyl (C=O) groups is 2. The maximum atomic E-state index is 12.3. The fraction of sp³-hybridized carbons (Fsp3) is 0.500. The van der Waals surface area contributed by atoms with Gasteiger partial charge < -0.3 is 10.0 Å². The molecular formula is C16H21NO3. The first-order chi connectivity index (χ1) is 9.40. The topological polar surface area (TPSA) is 57.6 Å². The molecule has 0 spiro atoms. The number of aliphatic carboxylic acids is 1. The SMILES string of the molecule is Cc1ccc(CC(=O)N2CCCC(C)(C(=O)O)C2)cc1. The Labute approximate surface area is 119 Å². The first-order valence-electron chi connectivity index (χ1n) is 6.97. The summed E-state index contributed by atoms with van der Waals surface area (Å²) in [6, 6.07) is 7.88. The van der Waals surface area contributed by atoms with Crippen molar-refractivity contribution in [3.8, 4) is 0 Å². The minimum absolute atomic E-state index is 0.0148. The lowest BCUT2D eigenvalue weighted by Crippen LogP contribution is -2.48. The Kier molecular flexibility index (Phi) is 4.12. The number of hydrogen-bond donors (Lipinski definition) is 1. The van der Waals surface area contributed by atoms with Crippen LogP contribution < -0.4 is 0 Å². The molecule has 2 rings (SSSR count). The van der Waals surface area contributed by atoms with Crippen molar-refractivity contribution in [3.05, 3.63) is 35.4 Å². The van der Waals surface area contributed by atoms with Gasteiger partial charge in [-0.25, -0.2) is 0 Å². The number of amides is 1. The van der Waals surface area contributed by atoms with Crippen LogP contribution in [0.5, 0.6) is 0 Å². The van der Waals surface area contributed by atoms with Gasteiger partial charge >= 0.3 is 5.97 Å². The molecule has 1 amide bonds. The Balaban J connectivity index is 2.02. The van der Waals surface area contributed by atoms with Crippen LogP contribution >= 0.6 is 0 Å². The van der Waals surface area contributed by atoms with Crippen molar-refractivity contribution in [2.75, 3.05) is 13.1 Å². The zero-order chi connectivity index (χ0) is 14.8. The van der Waals surface area contributed by atoms with Crippen LogP contribution in [0, 0.1) is 12.3 Å². The highest BCUT2D eigenvalue weighted by atomic mass is 16.4. The lowest BCUT2D eigenvalue weighted by atomic mass is 9.82. The molecule has 1 fully saturated rings. The average molecular weight is 275 g/mol. The maximum absolute atomic E-state index is 12.3. The number of aryl methyl sites for hydroxylation is 1. The molecule has 0 aliphatic carbocycles. The van der Waals surface area contributed by atoms with E-state index < -0.39 is 11.4 Å². The highest BCUT2D eigenvalue weighted by Gasteiger charge is 2.39. The highest BCUT2D eigenvalue weighted by Crippen LogP contribution is 2.29. The third kappa shape index (κ3) is 3.18. The molecule has 1 heterocycles. The van der Waals surface area contributed by atoms with Gasteiger partial charge in [-0.1, -0.05) is 29.8 Å². The van der Waals surface area contributed by atoms with Gasteiger partial charge in [0.05, 0.1) is 11.8 Å². The van der Waals surface area contributed by atoms with Gasteiger partial charge in [0, 0.05) is 13.1 Å². The molecule has 20 heavy (non-hydrogen) atoms. The number of carbonyl (C=O) groups excluding carboxylic acids is 1. The van der Waals surface area contributed by atoms with E-state index in [0.29, 0.717) is 25.9 Å². The van der Waals surface area contributed by atoms with Crippen LogP contribution in [-0.2, 0) is 16.0 Å². The lowest BCUT2D eigenvalue weighted by molar-refractivity contribution is -0.153. The van der Waals surface area contributed by atoms with Crippen LogP contribution in [0.3, 0.4) is 0 Å². The van der Waals surface area contributed by atoms with Gasteiger partial charge in [0.15, 0.2) is 0 Å². The van der Waals surface area contributed by atoms with E-state index in [0.717, 1.165) is 17.5 Å². The van der Waals surface area contributed by atoms with Crippen molar-refractivity contribution in [2.24, 2.45) is 5.41 Å². The van der Waals surface area contributed by atoms with E-state index in [1.165, 1.54) is 0 Å². The van der Waals surface area contributed by atoms with Crippen LogP contribution in [0.15, 0.2) is 24.3 Å². The van der Waals surface area contributed by atoms with Crippen LogP contribution in [0.2, 0.25) is 0 Å². The van der Waals surface area contributed by atoms with Crippen LogP contribution in [-0.4, -0.2) is 35.0 Å². The first-order valence-corrected chi connectivity index (χ1v) is 6.97. The molecule has 0 bridgehead atoms. The number of piperidine rings is 1. The van der Waals surface area contributed by atoms with Crippen molar-refractivity contribution in [1.29, 1.82) is 0 Å². The van der Waals surface area contributed by atoms with E-state index in [2.05, 4.69) is 0 Å². The minimum atomic E-state index is -0.815. The quantitative estimate of drug-likeness (QED) is 0.920. The highest BCUT2D eigenvalue weighted by molar-refractivity contribution is 5.81. The molecule has 4 nitrogen and oxygen atoms in total. The van der Waals surface area contributed by atoms with Gasteiger partial charge in [-0.15, -0.1) is 0 Å². The maximum Gasteiger partial charge on any atom is 0.311 e. The van der Waals surface area contributed by atoms with Gasteiger partial charge in [-0.05, 0) is 32.3 Å². The van der Waals surface area contributed by atoms with E-state index in [1.54, 1.807) is 11.8 Å². The predicted molar refractivity (Wildman–Crippen MR) is 76.4 cm³/mol. The molecule has 1 aromatic rings. The largest absolute Gasteiger partial charge is 0.481 e. The van der Waals surface area contributed by atoms with E-state index in [4.69, 9.17) is 0 Å². The van der Waals surface area contributed by atoms with E-state index in [-0.39, 0.29) is 5.91 Å². The third-order valence-corrected chi connectivity index (χ3v) is 4.04. The van der Waals surface area contributed by atoms with E-state index >= 15 is 0 Å². The zero-order valence-electron chi connectivity index (χ0n) is 12.1. The average Bonchev–Trinajstić information content (AvgIpc) is 2.41. The van der Waals surface area contributed by atoms with Crippen LogP contribution in [0.25, 0.3) is 0 Å². The van der Waals surface area contributed by atoms with Crippen LogP contribution in [0.4, 0.5) is 0 Å². The zero-order valence-corrected chi connectivity index (χ0v) is 12.1. The van der Waals surface area contributed by atoms with Gasteiger partial charge in [0.1, 0.15) is 0 Å². The van der Waals surface area contributed by atoms with Crippen molar-refractivity contribution in [1.82, 2.24) is 4.90 Å². The van der Waals surface area contributed by atoms with Crippen molar-refractivity contribution >= 4 is 11.9 Å². The number of carboxylic acids is 1. The summed E-state index contributed by atoms with van der Waals surface area (Å²) < 4.78 is 0. The minimum Gasteiger partial charge on any atom is -0.481 e. The summed E-state index contributed by atoms with van der Waals surface area (Å²) in [6.45, 7) is 4.70. The van der Waals surface area contributed by atoms with Crippen molar-refractivity contribution in [3.63, 3.8) is 0 Å². The Morgan fingerprint density at radius 1 is 1.30 bits per heavy atom. The molecule has 1 atom stereocenters. The molecule has 1 N–H and O–H groups in total. The Bertz CT molecular complexity index is 509. The van der Waals surface area contributed by atoms with Gasteiger partial charge in [-0.3, -0.25) is 9.59 Å². The first kappa shape index (κ1) is 14.6. The monoisotopic (exact) mass is 275 g/mol. The summed E-state index contributed by atoms with van der Waals surface area (Å²) in [5, 5.41) is 9.28. The molecule has 4 heteroatoms. The summed E-state index contributed by atoms with van der Waals surface area (Å²) in [6.07, 6.45) is 1.73. The normalized spacial score (nSPS) is 22.6. The molecule has 1 saturated heterocycles. The van der Waals surface area contributed by atoms with Gasteiger partial charge in [0.25, 0.3) is 0 Å². The Morgan fingerprint density at radius 2 is 1.95 bits per heavy atom. The number of benzene rings is 1. The van der Waals surface area contributed by atoms with Gasteiger partial charge in [-0.2, -0.15) is 0 Å².